The van der Waals surface area contributed by atoms with E-state index in [1.165, 1.54) is 24.4 Å². The van der Waals surface area contributed by atoms with Crippen LogP contribution in [0, 0.1) is 18.6 Å². The second-order valence-corrected chi connectivity index (χ2v) is 3.52. The molecule has 0 amide bonds. The molecule has 0 atom stereocenters. The monoisotopic (exact) mass is 220 g/mol. The fourth-order valence-corrected chi connectivity index (χ4v) is 1.50. The lowest BCUT2D eigenvalue weighted by Crippen LogP contribution is -1.96. The van der Waals surface area contributed by atoms with Crippen LogP contribution in [-0.4, -0.2) is 4.98 Å². The number of pyridine rings is 1. The summed E-state index contributed by atoms with van der Waals surface area (Å²) in [6.45, 7) is 1.74. The van der Waals surface area contributed by atoms with Crippen molar-refractivity contribution in [2.24, 2.45) is 0 Å². The van der Waals surface area contributed by atoms with Crippen LogP contribution in [0.1, 0.15) is 5.56 Å². The van der Waals surface area contributed by atoms with Gasteiger partial charge in [0.2, 0.25) is 0 Å². The van der Waals surface area contributed by atoms with Crippen molar-refractivity contribution in [2.45, 2.75) is 6.92 Å². The number of rotatable bonds is 1. The van der Waals surface area contributed by atoms with Crippen molar-refractivity contribution in [3.63, 3.8) is 0 Å². The molecule has 0 aliphatic carbocycles. The van der Waals surface area contributed by atoms with Gasteiger partial charge in [-0.3, -0.25) is 0 Å². The van der Waals surface area contributed by atoms with Crippen molar-refractivity contribution < 1.29 is 8.78 Å². The van der Waals surface area contributed by atoms with Crippen molar-refractivity contribution in [3.05, 3.63) is 47.7 Å². The zero-order chi connectivity index (χ0) is 11.7. The second-order valence-electron chi connectivity index (χ2n) is 3.52. The van der Waals surface area contributed by atoms with Gasteiger partial charge in [-0.25, -0.2) is 13.8 Å². The maximum absolute atomic E-state index is 13.5. The third kappa shape index (κ3) is 1.74. The summed E-state index contributed by atoms with van der Waals surface area (Å²) in [6.07, 6.45) is 1.36. The lowest BCUT2D eigenvalue weighted by molar-refractivity contribution is 0.589. The lowest BCUT2D eigenvalue weighted by Gasteiger charge is -2.06. The highest BCUT2D eigenvalue weighted by Gasteiger charge is 2.11. The summed E-state index contributed by atoms with van der Waals surface area (Å²) in [5.41, 5.74) is 6.56. The van der Waals surface area contributed by atoms with Crippen LogP contribution in [0.3, 0.4) is 0 Å². The van der Waals surface area contributed by atoms with E-state index < -0.39 is 11.6 Å². The van der Waals surface area contributed by atoms with E-state index in [0.717, 1.165) is 0 Å². The van der Waals surface area contributed by atoms with Crippen molar-refractivity contribution >= 4 is 5.82 Å². The van der Waals surface area contributed by atoms with E-state index >= 15 is 0 Å². The molecule has 1 aromatic carbocycles. The van der Waals surface area contributed by atoms with Crippen LogP contribution in [0.5, 0.6) is 0 Å². The number of nitrogens with zero attached hydrogens (tertiary/aromatic N) is 1. The molecule has 82 valence electrons. The maximum atomic E-state index is 13.5. The van der Waals surface area contributed by atoms with E-state index in [2.05, 4.69) is 4.98 Å². The smallest absolute Gasteiger partial charge is 0.134 e. The highest BCUT2D eigenvalue weighted by Crippen LogP contribution is 2.26. The normalized spacial score (nSPS) is 10.4. The minimum absolute atomic E-state index is 0.0712. The van der Waals surface area contributed by atoms with Crippen LogP contribution in [0.2, 0.25) is 0 Å². The zero-order valence-corrected chi connectivity index (χ0v) is 8.67. The Balaban J connectivity index is 2.63. The summed E-state index contributed by atoms with van der Waals surface area (Å²) >= 11 is 0. The first kappa shape index (κ1) is 10.5. The van der Waals surface area contributed by atoms with Gasteiger partial charge in [-0.2, -0.15) is 0 Å². The third-order valence-corrected chi connectivity index (χ3v) is 2.37. The number of hydrogen-bond donors (Lipinski definition) is 1. The molecule has 0 spiro atoms. The number of aromatic nitrogens is 1. The summed E-state index contributed by atoms with van der Waals surface area (Å²) < 4.78 is 26.9. The largest absolute Gasteiger partial charge is 0.383 e. The fourth-order valence-electron chi connectivity index (χ4n) is 1.50. The van der Waals surface area contributed by atoms with Gasteiger partial charge in [0, 0.05) is 11.8 Å². The van der Waals surface area contributed by atoms with Crippen LogP contribution in [0.25, 0.3) is 11.1 Å². The summed E-state index contributed by atoms with van der Waals surface area (Å²) in [5, 5.41) is 0. The molecule has 0 saturated carbocycles. The lowest BCUT2D eigenvalue weighted by atomic mass is 10.0. The van der Waals surface area contributed by atoms with Gasteiger partial charge >= 0.3 is 0 Å². The SMILES string of the molecule is Cc1cc(-c2c(F)cccc2F)cnc1N. The maximum Gasteiger partial charge on any atom is 0.134 e. The number of aryl methyl sites for hydroxylation is 1. The topological polar surface area (TPSA) is 38.9 Å². The summed E-state index contributed by atoms with van der Waals surface area (Å²) in [7, 11) is 0. The van der Waals surface area contributed by atoms with Gasteiger partial charge in [-0.1, -0.05) is 6.07 Å². The number of halogens is 2. The zero-order valence-electron chi connectivity index (χ0n) is 8.67. The average Bonchev–Trinajstić information content (AvgIpc) is 2.23. The quantitative estimate of drug-likeness (QED) is 0.802. The third-order valence-electron chi connectivity index (χ3n) is 2.37. The van der Waals surface area contributed by atoms with Crippen LogP contribution in [0.15, 0.2) is 30.5 Å². The molecule has 0 aliphatic heterocycles. The van der Waals surface area contributed by atoms with Gasteiger partial charge in [-0.05, 0) is 30.7 Å². The molecule has 2 rings (SSSR count). The Morgan fingerprint density at radius 3 is 2.38 bits per heavy atom. The average molecular weight is 220 g/mol. The Bertz CT molecular complexity index is 518. The minimum Gasteiger partial charge on any atom is -0.383 e. The summed E-state index contributed by atoms with van der Waals surface area (Å²) in [6, 6.07) is 5.36. The van der Waals surface area contributed by atoms with Gasteiger partial charge in [-0.15, -0.1) is 0 Å². The highest BCUT2D eigenvalue weighted by atomic mass is 19.1. The number of anilines is 1. The van der Waals surface area contributed by atoms with Crippen LogP contribution in [-0.2, 0) is 0 Å². The Morgan fingerprint density at radius 2 is 1.81 bits per heavy atom. The Labute approximate surface area is 91.7 Å². The molecule has 1 aromatic heterocycles. The van der Waals surface area contributed by atoms with Gasteiger partial charge in [0.25, 0.3) is 0 Å². The van der Waals surface area contributed by atoms with E-state index in [9.17, 15) is 8.78 Å². The van der Waals surface area contributed by atoms with Gasteiger partial charge in [0.1, 0.15) is 17.5 Å². The molecule has 0 fully saturated rings. The number of hydrogen-bond acceptors (Lipinski definition) is 2. The van der Waals surface area contributed by atoms with E-state index in [1.807, 2.05) is 0 Å². The first-order valence-corrected chi connectivity index (χ1v) is 4.76. The van der Waals surface area contributed by atoms with Crippen molar-refractivity contribution in [2.75, 3.05) is 5.73 Å². The van der Waals surface area contributed by atoms with Crippen molar-refractivity contribution in [3.8, 4) is 11.1 Å². The van der Waals surface area contributed by atoms with Crippen molar-refractivity contribution in [1.82, 2.24) is 4.98 Å². The Morgan fingerprint density at radius 1 is 1.19 bits per heavy atom. The molecule has 2 N–H and O–H groups in total. The highest BCUT2D eigenvalue weighted by molar-refractivity contribution is 5.66. The first-order valence-electron chi connectivity index (χ1n) is 4.76. The van der Waals surface area contributed by atoms with E-state index in [-0.39, 0.29) is 5.56 Å². The standard InChI is InChI=1S/C12H10F2N2/c1-7-5-8(6-16-12(7)15)11-9(13)3-2-4-10(11)14/h2-6H,1H3,(H2,15,16). The van der Waals surface area contributed by atoms with Crippen molar-refractivity contribution in [1.29, 1.82) is 0 Å². The molecule has 0 radical (unpaired) electrons. The Kier molecular flexibility index (Phi) is 2.56. The molecular formula is C12H10F2N2. The minimum atomic E-state index is -0.606. The predicted octanol–water partition coefficient (Wildman–Crippen LogP) is 2.92. The molecule has 0 unspecified atom stereocenters. The molecule has 2 aromatic rings. The van der Waals surface area contributed by atoms with Gasteiger partial charge in [0.05, 0.1) is 5.56 Å². The first-order chi connectivity index (χ1) is 7.59. The van der Waals surface area contributed by atoms with E-state index in [0.29, 0.717) is 16.9 Å². The number of nitrogens with two attached hydrogens (primary N) is 1. The van der Waals surface area contributed by atoms with Gasteiger partial charge in [0.15, 0.2) is 0 Å². The summed E-state index contributed by atoms with van der Waals surface area (Å²) in [5.74, 6) is -0.850. The number of benzene rings is 1. The predicted molar refractivity (Wildman–Crippen MR) is 58.7 cm³/mol. The summed E-state index contributed by atoms with van der Waals surface area (Å²) in [4.78, 5) is 3.88. The van der Waals surface area contributed by atoms with E-state index in [4.69, 9.17) is 5.73 Å². The van der Waals surface area contributed by atoms with Crippen LogP contribution < -0.4 is 5.73 Å². The van der Waals surface area contributed by atoms with Crippen LogP contribution >= 0.6 is 0 Å². The Hall–Kier alpha value is -1.97. The number of nitrogen functional groups attached to an aromatic ring is 1. The second kappa shape index (κ2) is 3.89. The fraction of sp³-hybridized carbons (Fsp3) is 0.0833. The molecular weight excluding hydrogens is 210 g/mol. The molecule has 1 heterocycles. The molecule has 2 nitrogen and oxygen atoms in total. The molecule has 0 aliphatic rings. The molecule has 16 heavy (non-hydrogen) atoms. The molecule has 4 heteroatoms. The molecule has 0 bridgehead atoms. The van der Waals surface area contributed by atoms with E-state index in [1.54, 1.807) is 13.0 Å². The van der Waals surface area contributed by atoms with Crippen LogP contribution in [0.4, 0.5) is 14.6 Å². The van der Waals surface area contributed by atoms with Gasteiger partial charge < -0.3 is 5.73 Å². The molecule has 0 saturated heterocycles.